The molecule has 0 spiro atoms. The molecule has 56 valence electrons. The number of aromatic nitrogens is 1. The molecule has 0 atom stereocenters. The van der Waals surface area contributed by atoms with Crippen molar-refractivity contribution in [2.45, 2.75) is 0 Å². The summed E-state index contributed by atoms with van der Waals surface area (Å²) < 4.78 is 6.16. The van der Waals surface area contributed by atoms with Gasteiger partial charge in [0.15, 0.2) is 5.58 Å². The lowest BCUT2D eigenvalue weighted by Crippen LogP contribution is -1.78. The van der Waals surface area contributed by atoms with Crippen LogP contribution in [-0.4, -0.2) is 4.98 Å². The molecule has 0 bridgehead atoms. The molecule has 0 radical (unpaired) electrons. The van der Waals surface area contributed by atoms with Crippen molar-refractivity contribution >= 4 is 45.3 Å². The molecule has 4 heteroatoms. The molecule has 0 saturated heterocycles. The Morgan fingerprint density at radius 3 is 3.18 bits per heavy atom. The number of hydrogen-bond donors (Lipinski definition) is 0. The van der Waals surface area contributed by atoms with E-state index in [4.69, 9.17) is 16.0 Å². The van der Waals surface area contributed by atoms with E-state index >= 15 is 0 Å². The average molecular weight is 279 g/mol. The van der Waals surface area contributed by atoms with E-state index in [1.807, 2.05) is 0 Å². The number of nitrogens with zero attached hydrogens (tertiary/aromatic N) is 1. The second kappa shape index (κ2) is 2.64. The topological polar surface area (TPSA) is 26.0 Å². The van der Waals surface area contributed by atoms with Gasteiger partial charge in [-0.05, 0) is 28.7 Å². The van der Waals surface area contributed by atoms with Gasteiger partial charge in [-0.15, -0.1) is 0 Å². The molecule has 0 unspecified atom stereocenters. The molecule has 2 aromatic rings. The van der Waals surface area contributed by atoms with Crippen LogP contribution < -0.4 is 0 Å². The summed E-state index contributed by atoms with van der Waals surface area (Å²) in [4.78, 5) is 4.06. The van der Waals surface area contributed by atoms with Crippen molar-refractivity contribution < 1.29 is 4.42 Å². The van der Waals surface area contributed by atoms with Gasteiger partial charge in [-0.25, -0.2) is 4.98 Å². The van der Waals surface area contributed by atoms with Crippen LogP contribution in [0.3, 0.4) is 0 Å². The van der Waals surface area contributed by atoms with E-state index in [1.54, 1.807) is 18.4 Å². The summed E-state index contributed by atoms with van der Waals surface area (Å²) in [6, 6.07) is 3.57. The maximum absolute atomic E-state index is 5.72. The largest absolute Gasteiger partial charge is 0.462 e. The summed E-state index contributed by atoms with van der Waals surface area (Å²) >= 11 is 7.89. The SMILES string of the molecule is Clc1cc(I)c2occc2n1. The monoisotopic (exact) mass is 279 g/mol. The first-order valence-corrected chi connectivity index (χ1v) is 4.42. The number of pyridine rings is 1. The van der Waals surface area contributed by atoms with E-state index in [-0.39, 0.29) is 0 Å². The van der Waals surface area contributed by atoms with Crippen molar-refractivity contribution in [3.05, 3.63) is 27.1 Å². The summed E-state index contributed by atoms with van der Waals surface area (Å²) in [5.74, 6) is 0. The summed E-state index contributed by atoms with van der Waals surface area (Å²) in [7, 11) is 0. The molecule has 0 aliphatic rings. The Kier molecular flexibility index (Phi) is 1.77. The van der Waals surface area contributed by atoms with Gasteiger partial charge in [0.25, 0.3) is 0 Å². The maximum atomic E-state index is 5.72. The smallest absolute Gasteiger partial charge is 0.165 e. The predicted molar refractivity (Wildman–Crippen MR) is 51.7 cm³/mol. The molecule has 0 aliphatic carbocycles. The Bertz CT molecular complexity index is 398. The summed E-state index contributed by atoms with van der Waals surface area (Å²) in [5, 5.41) is 0.503. The zero-order chi connectivity index (χ0) is 7.84. The molecule has 0 fully saturated rings. The van der Waals surface area contributed by atoms with Crippen LogP contribution in [0.15, 0.2) is 22.8 Å². The number of halogens is 2. The summed E-state index contributed by atoms with van der Waals surface area (Å²) in [6.45, 7) is 0. The third kappa shape index (κ3) is 1.22. The minimum Gasteiger partial charge on any atom is -0.462 e. The third-order valence-electron chi connectivity index (χ3n) is 1.33. The molecule has 0 amide bonds. The fourth-order valence-corrected chi connectivity index (χ4v) is 1.97. The molecule has 2 rings (SSSR count). The van der Waals surface area contributed by atoms with Gasteiger partial charge in [0.1, 0.15) is 10.7 Å². The van der Waals surface area contributed by atoms with E-state index in [1.165, 1.54) is 0 Å². The van der Waals surface area contributed by atoms with E-state index in [0.29, 0.717) is 5.15 Å². The zero-order valence-electron chi connectivity index (χ0n) is 5.34. The predicted octanol–water partition coefficient (Wildman–Crippen LogP) is 3.09. The van der Waals surface area contributed by atoms with E-state index in [9.17, 15) is 0 Å². The van der Waals surface area contributed by atoms with Gasteiger partial charge in [0, 0.05) is 6.07 Å². The first-order chi connectivity index (χ1) is 5.27. The molecule has 11 heavy (non-hydrogen) atoms. The van der Waals surface area contributed by atoms with Crippen molar-refractivity contribution in [3.63, 3.8) is 0 Å². The van der Waals surface area contributed by atoms with Crippen molar-refractivity contribution in [1.29, 1.82) is 0 Å². The Morgan fingerprint density at radius 2 is 2.36 bits per heavy atom. The normalized spacial score (nSPS) is 10.7. The fraction of sp³-hybridized carbons (Fsp3) is 0. The number of fused-ring (bicyclic) bond motifs is 1. The minimum atomic E-state index is 0.503. The molecule has 0 saturated carbocycles. The molecular weight excluding hydrogens is 276 g/mol. The number of furan rings is 1. The van der Waals surface area contributed by atoms with Crippen LogP contribution >= 0.6 is 34.2 Å². The average Bonchev–Trinajstić information content (AvgIpc) is 2.34. The lowest BCUT2D eigenvalue weighted by atomic mass is 10.4. The quantitative estimate of drug-likeness (QED) is 0.547. The van der Waals surface area contributed by atoms with Crippen LogP contribution in [0, 0.1) is 3.57 Å². The molecule has 0 aliphatic heterocycles. The van der Waals surface area contributed by atoms with Crippen LogP contribution in [0.1, 0.15) is 0 Å². The highest BCUT2D eigenvalue weighted by molar-refractivity contribution is 14.1. The van der Waals surface area contributed by atoms with E-state index in [0.717, 1.165) is 14.7 Å². The summed E-state index contributed by atoms with van der Waals surface area (Å²) in [5.41, 5.74) is 1.61. The second-order valence-corrected chi connectivity index (χ2v) is 3.61. The molecule has 2 aromatic heterocycles. The van der Waals surface area contributed by atoms with Gasteiger partial charge in [0.05, 0.1) is 9.83 Å². The maximum Gasteiger partial charge on any atom is 0.165 e. The van der Waals surface area contributed by atoms with E-state index < -0.39 is 0 Å². The van der Waals surface area contributed by atoms with Gasteiger partial charge in [-0.1, -0.05) is 11.6 Å². The van der Waals surface area contributed by atoms with Crippen LogP contribution in [0.25, 0.3) is 11.1 Å². The molecule has 2 heterocycles. The molecule has 0 N–H and O–H groups in total. The summed E-state index contributed by atoms with van der Waals surface area (Å²) in [6.07, 6.45) is 1.61. The lowest BCUT2D eigenvalue weighted by molar-refractivity contribution is 0.613. The Hall–Kier alpha value is -0.290. The number of hydrogen-bond acceptors (Lipinski definition) is 2. The van der Waals surface area contributed by atoms with Crippen LogP contribution in [0.4, 0.5) is 0 Å². The minimum absolute atomic E-state index is 0.503. The second-order valence-electron chi connectivity index (χ2n) is 2.06. The Morgan fingerprint density at radius 1 is 1.55 bits per heavy atom. The van der Waals surface area contributed by atoms with Gasteiger partial charge < -0.3 is 4.42 Å². The number of rotatable bonds is 0. The van der Waals surface area contributed by atoms with Crippen LogP contribution in [0.5, 0.6) is 0 Å². The molecule has 0 aromatic carbocycles. The Labute approximate surface area is 81.7 Å². The van der Waals surface area contributed by atoms with Crippen LogP contribution in [-0.2, 0) is 0 Å². The van der Waals surface area contributed by atoms with Crippen molar-refractivity contribution in [2.75, 3.05) is 0 Å². The first-order valence-electron chi connectivity index (χ1n) is 2.96. The highest BCUT2D eigenvalue weighted by atomic mass is 127. The molecular formula is C7H3ClINO. The zero-order valence-corrected chi connectivity index (χ0v) is 8.26. The highest BCUT2D eigenvalue weighted by Crippen LogP contribution is 2.22. The highest BCUT2D eigenvalue weighted by Gasteiger charge is 2.03. The van der Waals surface area contributed by atoms with Gasteiger partial charge in [-0.2, -0.15) is 0 Å². The molecule has 2 nitrogen and oxygen atoms in total. The first kappa shape index (κ1) is 7.36. The van der Waals surface area contributed by atoms with Crippen molar-refractivity contribution in [3.8, 4) is 0 Å². The van der Waals surface area contributed by atoms with Crippen LogP contribution in [0.2, 0.25) is 5.15 Å². The van der Waals surface area contributed by atoms with E-state index in [2.05, 4.69) is 27.6 Å². The van der Waals surface area contributed by atoms with Gasteiger partial charge in [-0.3, -0.25) is 0 Å². The standard InChI is InChI=1S/C7H3ClINO/c8-6-3-4(9)7-5(10-6)1-2-11-7/h1-3H. The van der Waals surface area contributed by atoms with Gasteiger partial charge >= 0.3 is 0 Å². The lowest BCUT2D eigenvalue weighted by Gasteiger charge is -1.92. The van der Waals surface area contributed by atoms with Gasteiger partial charge in [0.2, 0.25) is 0 Å². The third-order valence-corrected chi connectivity index (χ3v) is 2.33. The Balaban J connectivity index is 2.91. The van der Waals surface area contributed by atoms with Crippen molar-refractivity contribution in [2.24, 2.45) is 0 Å². The fourth-order valence-electron chi connectivity index (χ4n) is 0.887. The van der Waals surface area contributed by atoms with Crippen molar-refractivity contribution in [1.82, 2.24) is 4.98 Å².